The lowest BCUT2D eigenvalue weighted by atomic mass is 9.78. The Bertz CT molecular complexity index is 462. The van der Waals surface area contributed by atoms with Gasteiger partial charge < -0.3 is 15.6 Å². The Morgan fingerprint density at radius 1 is 1.42 bits per heavy atom. The van der Waals surface area contributed by atoms with Crippen LogP contribution in [0.1, 0.15) is 29.8 Å². The van der Waals surface area contributed by atoms with Gasteiger partial charge in [-0.25, -0.2) is 0 Å². The zero-order valence-electron chi connectivity index (χ0n) is 10.6. The first-order chi connectivity index (χ1) is 8.65. The number of carbonyl (C=O) groups excluding carboxylic acids is 1. The highest BCUT2D eigenvalue weighted by Gasteiger charge is 2.40. The van der Waals surface area contributed by atoms with E-state index >= 15 is 0 Å². The predicted octanol–water partition coefficient (Wildman–Crippen LogP) is 2.29. The van der Waals surface area contributed by atoms with Crippen molar-refractivity contribution in [3.63, 3.8) is 0 Å². The first kappa shape index (κ1) is 14.7. The fraction of sp³-hybridized carbons (Fsp3) is 0.615. The summed E-state index contributed by atoms with van der Waals surface area (Å²) in [5, 5.41) is 0.576. The van der Waals surface area contributed by atoms with Crippen molar-refractivity contribution in [1.82, 2.24) is 9.88 Å². The summed E-state index contributed by atoms with van der Waals surface area (Å²) in [4.78, 5) is 17.1. The van der Waals surface area contributed by atoms with Crippen molar-refractivity contribution in [2.75, 3.05) is 13.1 Å². The van der Waals surface area contributed by atoms with Gasteiger partial charge in [0.05, 0.1) is 5.02 Å². The highest BCUT2D eigenvalue weighted by atomic mass is 35.5. The van der Waals surface area contributed by atoms with Gasteiger partial charge in [0.25, 0.3) is 5.91 Å². The molecule has 0 bridgehead atoms. The molecular formula is C13H19Cl2N3O. The van der Waals surface area contributed by atoms with E-state index in [1.807, 2.05) is 4.90 Å². The van der Waals surface area contributed by atoms with E-state index in [0.717, 1.165) is 19.5 Å². The summed E-state index contributed by atoms with van der Waals surface area (Å²) < 4.78 is 0. The van der Waals surface area contributed by atoms with Crippen LogP contribution in [0.25, 0.3) is 0 Å². The Morgan fingerprint density at radius 2 is 2.21 bits per heavy atom. The Morgan fingerprint density at radius 3 is 2.84 bits per heavy atom. The first-order valence-corrected chi connectivity index (χ1v) is 6.91. The molecule has 2 aliphatic rings. The fourth-order valence-corrected chi connectivity index (χ4v) is 3.51. The van der Waals surface area contributed by atoms with Crippen LogP contribution in [-0.4, -0.2) is 34.9 Å². The standard InChI is InChI=1S/C13H18ClN3O.ClH/c14-9-4-12(16-5-9)13(18)17-6-8-2-1-3-11(15)10(8)7-17;/h4-5,8,10-11,16H,1-3,6-7,15H2;1H. The van der Waals surface area contributed by atoms with Crippen LogP contribution in [0.4, 0.5) is 0 Å². The van der Waals surface area contributed by atoms with Crippen LogP contribution in [0, 0.1) is 11.8 Å². The second-order valence-electron chi connectivity index (χ2n) is 5.46. The molecule has 1 saturated heterocycles. The van der Waals surface area contributed by atoms with Crippen LogP contribution in [0.5, 0.6) is 0 Å². The van der Waals surface area contributed by atoms with Crippen LogP contribution in [0.15, 0.2) is 12.3 Å². The molecular weight excluding hydrogens is 285 g/mol. The average molecular weight is 304 g/mol. The largest absolute Gasteiger partial charge is 0.356 e. The molecule has 1 aliphatic carbocycles. The summed E-state index contributed by atoms with van der Waals surface area (Å²) in [6.07, 6.45) is 5.13. The molecule has 3 atom stereocenters. The van der Waals surface area contributed by atoms with Crippen LogP contribution < -0.4 is 5.73 Å². The van der Waals surface area contributed by atoms with Gasteiger partial charge >= 0.3 is 0 Å². The molecule has 3 rings (SSSR count). The Labute approximate surface area is 124 Å². The number of rotatable bonds is 1. The van der Waals surface area contributed by atoms with Crippen molar-refractivity contribution in [3.8, 4) is 0 Å². The third-order valence-electron chi connectivity index (χ3n) is 4.32. The van der Waals surface area contributed by atoms with Gasteiger partial charge in [0.1, 0.15) is 5.69 Å². The SMILES string of the molecule is Cl.NC1CCCC2CN(C(=O)c3cc(Cl)c[nH]3)CC12. The Balaban J connectivity index is 0.00000133. The van der Waals surface area contributed by atoms with Gasteiger partial charge in [0.15, 0.2) is 0 Å². The van der Waals surface area contributed by atoms with Crippen LogP contribution in [0.2, 0.25) is 5.02 Å². The molecule has 4 nitrogen and oxygen atoms in total. The molecule has 6 heteroatoms. The van der Waals surface area contributed by atoms with Crippen molar-refractivity contribution >= 4 is 29.9 Å². The molecule has 19 heavy (non-hydrogen) atoms. The van der Waals surface area contributed by atoms with Crippen LogP contribution in [0.3, 0.4) is 0 Å². The van der Waals surface area contributed by atoms with E-state index in [-0.39, 0.29) is 24.4 Å². The zero-order chi connectivity index (χ0) is 12.7. The Kier molecular flexibility index (Phi) is 4.43. The fourth-order valence-electron chi connectivity index (χ4n) is 3.34. The number of likely N-dealkylation sites (tertiary alicyclic amines) is 1. The summed E-state index contributed by atoms with van der Waals surface area (Å²) >= 11 is 5.83. The van der Waals surface area contributed by atoms with Crippen LogP contribution in [-0.2, 0) is 0 Å². The second-order valence-corrected chi connectivity index (χ2v) is 5.90. The minimum atomic E-state index is 0. The number of nitrogens with zero attached hydrogens (tertiary/aromatic N) is 1. The van der Waals surface area contributed by atoms with Gasteiger partial charge in [-0.2, -0.15) is 0 Å². The van der Waals surface area contributed by atoms with Gasteiger partial charge in [-0.05, 0) is 30.7 Å². The molecule has 0 spiro atoms. The predicted molar refractivity (Wildman–Crippen MR) is 77.8 cm³/mol. The van der Waals surface area contributed by atoms with Gasteiger partial charge in [-0.15, -0.1) is 12.4 Å². The number of H-pyrrole nitrogens is 1. The molecule has 0 radical (unpaired) electrons. The molecule has 3 N–H and O–H groups in total. The monoisotopic (exact) mass is 303 g/mol. The van der Waals surface area contributed by atoms with Crippen molar-refractivity contribution in [2.24, 2.45) is 17.6 Å². The number of hydrogen-bond acceptors (Lipinski definition) is 2. The van der Waals surface area contributed by atoms with Gasteiger partial charge in [-0.3, -0.25) is 4.79 Å². The molecule has 106 valence electrons. The number of fused-ring (bicyclic) bond motifs is 1. The van der Waals surface area contributed by atoms with Crippen molar-refractivity contribution in [3.05, 3.63) is 23.0 Å². The molecule has 1 aromatic rings. The van der Waals surface area contributed by atoms with E-state index in [0.29, 0.717) is 22.6 Å². The molecule has 2 fully saturated rings. The summed E-state index contributed by atoms with van der Waals surface area (Å²) in [7, 11) is 0. The highest BCUT2D eigenvalue weighted by molar-refractivity contribution is 6.30. The lowest BCUT2D eigenvalue weighted by Crippen LogP contribution is -2.38. The minimum absolute atomic E-state index is 0. The van der Waals surface area contributed by atoms with E-state index in [1.165, 1.54) is 12.8 Å². The van der Waals surface area contributed by atoms with E-state index in [9.17, 15) is 4.79 Å². The van der Waals surface area contributed by atoms with Crippen molar-refractivity contribution in [2.45, 2.75) is 25.3 Å². The number of hydrogen-bond donors (Lipinski definition) is 2. The molecule has 3 unspecified atom stereocenters. The number of aromatic amines is 1. The number of nitrogens with one attached hydrogen (secondary N) is 1. The van der Waals surface area contributed by atoms with E-state index in [2.05, 4.69) is 4.98 Å². The zero-order valence-corrected chi connectivity index (χ0v) is 12.2. The lowest BCUT2D eigenvalue weighted by molar-refractivity contribution is 0.0778. The quantitative estimate of drug-likeness (QED) is 0.836. The molecule has 1 aliphatic heterocycles. The molecule has 1 saturated carbocycles. The normalized spacial score (nSPS) is 29.8. The summed E-state index contributed by atoms with van der Waals surface area (Å²) in [5.41, 5.74) is 6.73. The number of amides is 1. The van der Waals surface area contributed by atoms with Gasteiger partial charge in [0, 0.05) is 25.3 Å². The second kappa shape index (κ2) is 5.73. The molecule has 1 amide bonds. The van der Waals surface area contributed by atoms with E-state index in [1.54, 1.807) is 12.3 Å². The summed E-state index contributed by atoms with van der Waals surface area (Å²) in [6, 6.07) is 1.94. The maximum absolute atomic E-state index is 12.3. The average Bonchev–Trinajstić information content (AvgIpc) is 2.95. The lowest BCUT2D eigenvalue weighted by Gasteiger charge is -2.29. The van der Waals surface area contributed by atoms with Crippen molar-refractivity contribution < 1.29 is 4.79 Å². The minimum Gasteiger partial charge on any atom is -0.356 e. The Hall–Kier alpha value is -0.710. The number of carbonyl (C=O) groups is 1. The number of halogens is 2. The molecule has 2 heterocycles. The van der Waals surface area contributed by atoms with Crippen molar-refractivity contribution in [1.29, 1.82) is 0 Å². The maximum atomic E-state index is 12.3. The maximum Gasteiger partial charge on any atom is 0.270 e. The number of nitrogens with two attached hydrogens (primary N) is 1. The van der Waals surface area contributed by atoms with Crippen LogP contribution >= 0.6 is 24.0 Å². The summed E-state index contributed by atoms with van der Waals surface area (Å²) in [6.45, 7) is 1.63. The smallest absolute Gasteiger partial charge is 0.270 e. The summed E-state index contributed by atoms with van der Waals surface area (Å²) in [5.74, 6) is 1.11. The molecule has 1 aromatic heterocycles. The van der Waals surface area contributed by atoms with Gasteiger partial charge in [0.2, 0.25) is 0 Å². The van der Waals surface area contributed by atoms with E-state index in [4.69, 9.17) is 17.3 Å². The third kappa shape index (κ3) is 2.76. The molecule has 0 aromatic carbocycles. The topological polar surface area (TPSA) is 62.1 Å². The highest BCUT2D eigenvalue weighted by Crippen LogP contribution is 2.36. The number of aromatic nitrogens is 1. The third-order valence-corrected chi connectivity index (χ3v) is 4.54. The first-order valence-electron chi connectivity index (χ1n) is 6.54. The van der Waals surface area contributed by atoms with E-state index < -0.39 is 0 Å². The van der Waals surface area contributed by atoms with Gasteiger partial charge in [-0.1, -0.05) is 18.0 Å².